The van der Waals surface area contributed by atoms with E-state index in [0.29, 0.717) is 5.56 Å². The number of halogens is 2. The lowest BCUT2D eigenvalue weighted by Crippen LogP contribution is -2.11. The molecule has 0 aliphatic carbocycles. The molecule has 26 heavy (non-hydrogen) atoms. The predicted octanol–water partition coefficient (Wildman–Crippen LogP) is 4.08. The fourth-order valence-corrected chi connectivity index (χ4v) is 5.13. The van der Waals surface area contributed by atoms with Gasteiger partial charge in [-0.1, -0.05) is 23.7 Å². The Hall–Kier alpha value is -1.97. The van der Waals surface area contributed by atoms with E-state index in [0.717, 1.165) is 0 Å². The highest BCUT2D eigenvalue weighted by molar-refractivity contribution is 9.10. The van der Waals surface area contributed by atoms with Gasteiger partial charge in [0.15, 0.2) is 9.84 Å². The summed E-state index contributed by atoms with van der Waals surface area (Å²) in [7, 11) is -2.84. The normalized spacial score (nSPS) is 11.2. The van der Waals surface area contributed by atoms with Crippen LogP contribution in [0.1, 0.15) is 21.5 Å². The lowest BCUT2D eigenvalue weighted by molar-refractivity contribution is -0.385. The van der Waals surface area contributed by atoms with Crippen LogP contribution < -0.4 is 0 Å². The number of nitro groups is 1. The molecule has 2 aromatic rings. The summed E-state index contributed by atoms with van der Waals surface area (Å²) in [6.45, 7) is 1.62. The van der Waals surface area contributed by atoms with Crippen LogP contribution in [0.25, 0.3) is 0 Å². The summed E-state index contributed by atoms with van der Waals surface area (Å²) < 4.78 is 30.7. The summed E-state index contributed by atoms with van der Waals surface area (Å²) in [4.78, 5) is 22.1. The lowest BCUT2D eigenvalue weighted by atomic mass is 10.1. The van der Waals surface area contributed by atoms with E-state index in [9.17, 15) is 23.3 Å². The zero-order chi connectivity index (χ0) is 19.6. The fourth-order valence-electron chi connectivity index (χ4n) is 2.36. The third-order valence-electron chi connectivity index (χ3n) is 3.58. The van der Waals surface area contributed by atoms with Crippen LogP contribution in [0.3, 0.4) is 0 Å². The predicted molar refractivity (Wildman–Crippen MR) is 99.2 cm³/mol. The third kappa shape index (κ3) is 4.05. The van der Waals surface area contributed by atoms with Gasteiger partial charge < -0.3 is 4.74 Å². The monoisotopic (exact) mass is 461 g/mol. The van der Waals surface area contributed by atoms with Gasteiger partial charge in [-0.3, -0.25) is 10.1 Å². The lowest BCUT2D eigenvalue weighted by Gasteiger charge is -2.12. The SMILES string of the molecule is COC(=O)c1cc(C)c(Br)c(S(=O)(=O)Cc2cccc(Cl)c2[N+](=O)[O-])c1. The van der Waals surface area contributed by atoms with Crippen LogP contribution in [0.15, 0.2) is 39.7 Å². The van der Waals surface area contributed by atoms with Crippen molar-refractivity contribution >= 4 is 49.0 Å². The molecule has 0 atom stereocenters. The van der Waals surface area contributed by atoms with Crippen LogP contribution in [0.5, 0.6) is 0 Å². The molecule has 0 fully saturated rings. The van der Waals surface area contributed by atoms with Crippen LogP contribution in [0.4, 0.5) is 5.69 Å². The number of sulfone groups is 1. The van der Waals surface area contributed by atoms with Gasteiger partial charge in [0.1, 0.15) is 5.02 Å². The van der Waals surface area contributed by atoms with Gasteiger partial charge in [0, 0.05) is 10.0 Å². The summed E-state index contributed by atoms with van der Waals surface area (Å²) in [5.41, 5.74) is 0.0599. The number of esters is 1. The molecule has 2 rings (SSSR count). The van der Waals surface area contributed by atoms with Crippen molar-refractivity contribution < 1.29 is 22.9 Å². The highest BCUT2D eigenvalue weighted by Gasteiger charge is 2.27. The maximum Gasteiger partial charge on any atom is 0.337 e. The number of nitrogens with zero attached hydrogens (tertiary/aromatic N) is 1. The van der Waals surface area contributed by atoms with Crippen LogP contribution in [0.2, 0.25) is 5.02 Å². The summed E-state index contributed by atoms with van der Waals surface area (Å²) in [5.74, 6) is -1.34. The first-order chi connectivity index (χ1) is 12.1. The number of para-hydroxylation sites is 1. The first-order valence-electron chi connectivity index (χ1n) is 7.11. The van der Waals surface area contributed by atoms with E-state index < -0.39 is 32.2 Å². The maximum atomic E-state index is 12.9. The molecule has 0 saturated carbocycles. The Morgan fingerprint density at radius 1 is 1.35 bits per heavy atom. The molecule has 0 aliphatic rings. The second-order valence-corrected chi connectivity index (χ2v) is 8.52. The Morgan fingerprint density at radius 3 is 2.58 bits per heavy atom. The number of ether oxygens (including phenoxy) is 1. The van der Waals surface area contributed by atoms with Gasteiger partial charge in [-0.15, -0.1) is 0 Å². The Bertz CT molecular complexity index is 1010. The molecule has 0 spiro atoms. The molecule has 0 saturated heterocycles. The quantitative estimate of drug-likeness (QED) is 0.377. The smallest absolute Gasteiger partial charge is 0.337 e. The molecule has 0 unspecified atom stereocenters. The van der Waals surface area contributed by atoms with E-state index in [-0.39, 0.29) is 25.5 Å². The molecular weight excluding hydrogens is 450 g/mol. The largest absolute Gasteiger partial charge is 0.465 e. The Labute approximate surface area is 163 Å². The van der Waals surface area contributed by atoms with E-state index in [1.54, 1.807) is 6.92 Å². The van der Waals surface area contributed by atoms with E-state index in [2.05, 4.69) is 20.7 Å². The molecule has 0 N–H and O–H groups in total. The molecule has 7 nitrogen and oxygen atoms in total. The number of aryl methyl sites for hydroxylation is 1. The second-order valence-electron chi connectivity index (χ2n) is 5.36. The van der Waals surface area contributed by atoms with Crippen molar-refractivity contribution in [2.24, 2.45) is 0 Å². The number of methoxy groups -OCH3 is 1. The minimum Gasteiger partial charge on any atom is -0.465 e. The summed E-state index contributed by atoms with van der Waals surface area (Å²) in [5, 5.41) is 11.1. The van der Waals surface area contributed by atoms with Crippen molar-refractivity contribution in [3.63, 3.8) is 0 Å². The topological polar surface area (TPSA) is 104 Å². The molecule has 0 radical (unpaired) electrons. The van der Waals surface area contributed by atoms with Crippen LogP contribution >= 0.6 is 27.5 Å². The van der Waals surface area contributed by atoms with Crippen LogP contribution in [-0.2, 0) is 20.3 Å². The second kappa shape index (κ2) is 7.73. The number of hydrogen-bond acceptors (Lipinski definition) is 6. The third-order valence-corrected chi connectivity index (χ3v) is 6.88. The standard InChI is InChI=1S/C16H13BrClNO6S/c1-9-6-11(16(20)25-2)7-13(14(9)17)26(23,24)8-10-4-3-5-12(18)15(10)19(21)22/h3-7H,8H2,1-2H3. The van der Waals surface area contributed by atoms with E-state index in [4.69, 9.17) is 11.6 Å². The molecule has 2 aromatic carbocycles. The molecule has 0 aliphatic heterocycles. The van der Waals surface area contributed by atoms with Gasteiger partial charge in [0.2, 0.25) is 0 Å². The van der Waals surface area contributed by atoms with Crippen LogP contribution in [0, 0.1) is 17.0 Å². The number of carbonyl (C=O) groups is 1. The van der Waals surface area contributed by atoms with Gasteiger partial charge >= 0.3 is 5.97 Å². The maximum absolute atomic E-state index is 12.9. The van der Waals surface area contributed by atoms with Gasteiger partial charge in [0.25, 0.3) is 5.69 Å². The Kier molecular flexibility index (Phi) is 6.05. The first-order valence-corrected chi connectivity index (χ1v) is 9.93. The number of hydrogen-bond donors (Lipinski definition) is 0. The summed E-state index contributed by atoms with van der Waals surface area (Å²) in [6.07, 6.45) is 0. The average molecular weight is 463 g/mol. The van der Waals surface area contributed by atoms with Crippen molar-refractivity contribution in [2.45, 2.75) is 17.6 Å². The Morgan fingerprint density at radius 2 is 2.00 bits per heavy atom. The zero-order valence-electron chi connectivity index (χ0n) is 13.7. The van der Waals surface area contributed by atoms with Gasteiger partial charge in [-0.25, -0.2) is 13.2 Å². The molecule has 0 aromatic heterocycles. The van der Waals surface area contributed by atoms with Gasteiger partial charge in [-0.05, 0) is 46.6 Å². The van der Waals surface area contributed by atoms with Crippen molar-refractivity contribution in [2.75, 3.05) is 7.11 Å². The number of nitro benzene ring substituents is 1. The number of carbonyl (C=O) groups excluding carboxylic acids is 1. The highest BCUT2D eigenvalue weighted by Crippen LogP contribution is 2.34. The van der Waals surface area contributed by atoms with Crippen LogP contribution in [-0.4, -0.2) is 26.4 Å². The first kappa shape index (κ1) is 20.3. The van der Waals surface area contributed by atoms with Crippen molar-refractivity contribution in [3.8, 4) is 0 Å². The molecule has 0 bridgehead atoms. The van der Waals surface area contributed by atoms with Crippen molar-refractivity contribution in [1.29, 1.82) is 0 Å². The summed E-state index contributed by atoms with van der Waals surface area (Å²) in [6, 6.07) is 6.73. The number of rotatable bonds is 5. The highest BCUT2D eigenvalue weighted by atomic mass is 79.9. The fraction of sp³-hybridized carbons (Fsp3) is 0.188. The van der Waals surface area contributed by atoms with Gasteiger partial charge in [-0.2, -0.15) is 0 Å². The average Bonchev–Trinajstić information content (AvgIpc) is 2.55. The van der Waals surface area contributed by atoms with Crippen molar-refractivity contribution in [3.05, 3.63) is 66.6 Å². The molecule has 138 valence electrons. The van der Waals surface area contributed by atoms with E-state index >= 15 is 0 Å². The molecular formula is C16H13BrClNO6S. The molecule has 0 heterocycles. The van der Waals surface area contributed by atoms with E-state index in [1.165, 1.54) is 37.4 Å². The zero-order valence-corrected chi connectivity index (χ0v) is 16.8. The number of benzene rings is 2. The Balaban J connectivity index is 2.60. The van der Waals surface area contributed by atoms with E-state index in [1.807, 2.05) is 0 Å². The van der Waals surface area contributed by atoms with Crippen molar-refractivity contribution in [1.82, 2.24) is 0 Å². The minimum atomic E-state index is -4.02. The molecule has 0 amide bonds. The molecule has 10 heteroatoms. The van der Waals surface area contributed by atoms with Gasteiger partial charge in [0.05, 0.1) is 28.2 Å². The summed E-state index contributed by atoms with van der Waals surface area (Å²) >= 11 is 9.04. The minimum absolute atomic E-state index is 0.0458.